The van der Waals surface area contributed by atoms with Gasteiger partial charge in [-0.15, -0.1) is 0 Å². The molecule has 1 fully saturated rings. The van der Waals surface area contributed by atoms with Crippen LogP contribution in [0.5, 0.6) is 0 Å². The van der Waals surface area contributed by atoms with Gasteiger partial charge in [-0.25, -0.2) is 4.98 Å². The van der Waals surface area contributed by atoms with Crippen LogP contribution < -0.4 is 16.0 Å². The second-order valence-electron chi connectivity index (χ2n) is 10.8. The number of benzene rings is 2. The molecule has 4 rings (SSSR count). The first-order valence-corrected chi connectivity index (χ1v) is 13.6. The summed E-state index contributed by atoms with van der Waals surface area (Å²) in [4.78, 5) is 25.4. The Morgan fingerprint density at radius 2 is 1.98 bits per heavy atom. The van der Waals surface area contributed by atoms with E-state index in [1.54, 1.807) is 42.6 Å². The molecule has 2 aromatic carbocycles. The van der Waals surface area contributed by atoms with E-state index < -0.39 is 11.7 Å². The second kappa shape index (κ2) is 13.4. The zero-order valence-corrected chi connectivity index (χ0v) is 24.2. The summed E-state index contributed by atoms with van der Waals surface area (Å²) in [7, 11) is 3.97. The minimum absolute atomic E-state index is 0.0861. The first kappa shape index (κ1) is 31.1. The smallest absolute Gasteiger partial charge is 0.371 e. The average molecular weight is 588 g/mol. The fourth-order valence-corrected chi connectivity index (χ4v) is 4.95. The molecule has 222 valence electrons. The number of aryl methyl sites for hydroxylation is 1. The number of guanidine groups is 1. The highest BCUT2D eigenvalue weighted by atomic mass is 19.4. The van der Waals surface area contributed by atoms with Crippen molar-refractivity contribution in [2.75, 3.05) is 38.6 Å². The number of carbonyl (C=O) groups excluding carboxylic acids is 1. The second-order valence-corrected chi connectivity index (χ2v) is 10.8. The summed E-state index contributed by atoms with van der Waals surface area (Å²) >= 11 is 0. The number of Topliss-reactive ketones (excluding diaryl/α,β-unsaturated/α-hetero) is 1. The maximum absolute atomic E-state index is 13.8. The van der Waals surface area contributed by atoms with Gasteiger partial charge in [-0.05, 0) is 80.9 Å². The molecule has 1 aromatic heterocycles. The number of hydrogen-bond donors (Lipinski definition) is 2. The molecule has 3 aromatic rings. The molecule has 0 saturated carbocycles. The maximum atomic E-state index is 13.8. The molecule has 1 aliphatic heterocycles. The molecule has 2 heterocycles. The fourth-order valence-electron chi connectivity index (χ4n) is 4.95. The van der Waals surface area contributed by atoms with Gasteiger partial charge >= 0.3 is 6.18 Å². The van der Waals surface area contributed by atoms with Crippen LogP contribution in [0, 0.1) is 36.1 Å². The Balaban J connectivity index is 1.53. The van der Waals surface area contributed by atoms with Gasteiger partial charge in [-0.1, -0.05) is 24.0 Å². The fraction of sp³-hybridized carbons (Fsp3) is 0.312. The number of ketones is 1. The molecule has 8 nitrogen and oxygen atoms in total. The van der Waals surface area contributed by atoms with Crippen LogP contribution in [0.25, 0.3) is 0 Å². The topological polar surface area (TPSA) is 111 Å². The predicted octanol–water partition coefficient (Wildman–Crippen LogP) is 4.64. The van der Waals surface area contributed by atoms with Crippen molar-refractivity contribution in [3.05, 3.63) is 88.1 Å². The molecule has 0 amide bonds. The number of anilines is 1. The normalized spacial score (nSPS) is 15.2. The lowest BCUT2D eigenvalue weighted by Crippen LogP contribution is -2.26. The molecule has 1 atom stereocenters. The number of aliphatic imine (C=N–C) groups is 1. The van der Waals surface area contributed by atoms with Gasteiger partial charge in [0.2, 0.25) is 5.96 Å². The number of nitrogens with two attached hydrogens (primary N) is 1. The number of aromatic nitrogens is 1. The molecular weight excluding hydrogens is 555 g/mol. The zero-order chi connectivity index (χ0) is 31.1. The molecule has 1 saturated heterocycles. The molecule has 1 aliphatic rings. The molecule has 3 N–H and O–H groups in total. The minimum atomic E-state index is -4.53. The maximum Gasteiger partial charge on any atom is 0.416 e. The number of carbonyl (C=O) groups is 1. The number of alkyl halides is 3. The van der Waals surface area contributed by atoms with Crippen molar-refractivity contribution in [2.24, 2.45) is 16.6 Å². The van der Waals surface area contributed by atoms with Gasteiger partial charge in [-0.2, -0.15) is 23.4 Å². The van der Waals surface area contributed by atoms with E-state index in [-0.39, 0.29) is 18.2 Å². The Bertz CT molecular complexity index is 1610. The Morgan fingerprint density at radius 1 is 1.19 bits per heavy atom. The molecule has 0 radical (unpaired) electrons. The largest absolute Gasteiger partial charge is 0.416 e. The van der Waals surface area contributed by atoms with Gasteiger partial charge in [-0.3, -0.25) is 10.1 Å². The Hall–Kier alpha value is -4.87. The highest BCUT2D eigenvalue weighted by molar-refractivity contribution is 5.98. The van der Waals surface area contributed by atoms with Crippen LogP contribution in [0.15, 0.2) is 59.7 Å². The number of nitrogens with zero attached hydrogens (tertiary/aromatic N) is 5. The van der Waals surface area contributed by atoms with Crippen LogP contribution in [-0.4, -0.2) is 55.4 Å². The zero-order valence-electron chi connectivity index (χ0n) is 24.2. The third kappa shape index (κ3) is 8.57. The number of halogens is 3. The standard InChI is InChI=1S/C32H32F3N7O/c1-21-4-7-26(15-25(21)8-5-22-6-9-30(38-17-22)40-31(37)39-20-36)29(43)14-24-12-27(32(33,34)35)16-28(13-24)42-11-10-23(19-42)18-41(2)3/h4,6-7,9,12-13,15-17,23H,10-11,14,18-19H2,1-3H3,(H3,37,38,39,40)/t23-/m0/s1. The van der Waals surface area contributed by atoms with Crippen LogP contribution >= 0.6 is 0 Å². The number of nitrogens with one attached hydrogen (secondary N) is 1. The van der Waals surface area contributed by atoms with E-state index in [0.29, 0.717) is 52.8 Å². The quantitative estimate of drug-likeness (QED) is 0.104. The molecule has 43 heavy (non-hydrogen) atoms. The first-order valence-electron chi connectivity index (χ1n) is 13.6. The monoisotopic (exact) mass is 587 g/mol. The average Bonchev–Trinajstić information content (AvgIpc) is 3.40. The third-order valence-corrected chi connectivity index (χ3v) is 7.01. The van der Waals surface area contributed by atoms with Gasteiger partial charge < -0.3 is 15.5 Å². The number of hydrogen-bond acceptors (Lipinski definition) is 6. The van der Waals surface area contributed by atoms with Gasteiger partial charge in [0, 0.05) is 54.6 Å². The van der Waals surface area contributed by atoms with Crippen LogP contribution in [0.1, 0.15) is 44.6 Å². The van der Waals surface area contributed by atoms with Gasteiger partial charge in [0.05, 0.1) is 5.56 Å². The van der Waals surface area contributed by atoms with Crippen molar-refractivity contribution in [1.29, 1.82) is 5.26 Å². The minimum Gasteiger partial charge on any atom is -0.371 e. The number of nitriles is 1. The summed E-state index contributed by atoms with van der Waals surface area (Å²) in [5.41, 5.74) is 8.01. The third-order valence-electron chi connectivity index (χ3n) is 7.01. The summed E-state index contributed by atoms with van der Waals surface area (Å²) in [6.07, 6.45) is -0.620. The van der Waals surface area contributed by atoms with E-state index in [4.69, 9.17) is 11.0 Å². The molecule has 0 unspecified atom stereocenters. The van der Waals surface area contributed by atoms with E-state index in [1.165, 1.54) is 12.3 Å². The van der Waals surface area contributed by atoms with Gasteiger partial charge in [0.15, 0.2) is 17.8 Å². The molecule has 0 spiro atoms. The van der Waals surface area contributed by atoms with Crippen LogP contribution in [-0.2, 0) is 12.6 Å². The van der Waals surface area contributed by atoms with Gasteiger partial charge in [0.25, 0.3) is 0 Å². The molecule has 0 aliphatic carbocycles. The Labute approximate surface area is 249 Å². The lowest BCUT2D eigenvalue weighted by atomic mass is 9.97. The molecule has 11 heteroatoms. The number of pyridine rings is 1. The van der Waals surface area contributed by atoms with E-state index in [2.05, 4.69) is 32.0 Å². The van der Waals surface area contributed by atoms with Crippen LogP contribution in [0.4, 0.5) is 24.7 Å². The molecule has 0 bridgehead atoms. The summed E-state index contributed by atoms with van der Waals surface area (Å²) < 4.78 is 41.5. The van der Waals surface area contributed by atoms with Crippen molar-refractivity contribution >= 4 is 23.2 Å². The van der Waals surface area contributed by atoms with Crippen LogP contribution in [0.2, 0.25) is 0 Å². The van der Waals surface area contributed by atoms with Crippen molar-refractivity contribution in [1.82, 2.24) is 15.2 Å². The van der Waals surface area contributed by atoms with Crippen molar-refractivity contribution in [2.45, 2.75) is 25.9 Å². The number of rotatable bonds is 7. The molecular formula is C32H32F3N7O. The van der Waals surface area contributed by atoms with Gasteiger partial charge in [0.1, 0.15) is 0 Å². The first-order chi connectivity index (χ1) is 20.4. The van der Waals surface area contributed by atoms with Crippen molar-refractivity contribution < 1.29 is 18.0 Å². The highest BCUT2D eigenvalue weighted by Crippen LogP contribution is 2.35. The van der Waals surface area contributed by atoms with E-state index >= 15 is 0 Å². The highest BCUT2D eigenvalue weighted by Gasteiger charge is 2.33. The predicted molar refractivity (Wildman–Crippen MR) is 160 cm³/mol. The lowest BCUT2D eigenvalue weighted by molar-refractivity contribution is -0.137. The van der Waals surface area contributed by atoms with E-state index in [9.17, 15) is 18.0 Å². The van der Waals surface area contributed by atoms with Crippen molar-refractivity contribution in [3.8, 4) is 18.0 Å². The summed E-state index contributed by atoms with van der Waals surface area (Å²) in [6, 6.07) is 12.3. The van der Waals surface area contributed by atoms with Crippen LogP contribution in [0.3, 0.4) is 0 Å². The Kier molecular flexibility index (Phi) is 9.69. The summed E-state index contributed by atoms with van der Waals surface area (Å²) in [5.74, 6) is 6.32. The van der Waals surface area contributed by atoms with E-state index in [0.717, 1.165) is 24.6 Å². The lowest BCUT2D eigenvalue weighted by Gasteiger charge is -2.22. The van der Waals surface area contributed by atoms with E-state index in [1.807, 2.05) is 25.9 Å². The Morgan fingerprint density at radius 3 is 2.65 bits per heavy atom. The SMILES string of the molecule is Cc1ccc(C(=O)Cc2cc(N3CC[C@@H](CN(C)C)C3)cc(C(F)(F)F)c2)cc1C#Cc1ccc(N=C(N)NC#N)nc1. The summed E-state index contributed by atoms with van der Waals surface area (Å²) in [6.45, 7) is 4.07. The summed E-state index contributed by atoms with van der Waals surface area (Å²) in [5, 5.41) is 10.8. The van der Waals surface area contributed by atoms with Crippen molar-refractivity contribution in [3.63, 3.8) is 0 Å².